The highest BCUT2D eigenvalue weighted by Crippen LogP contribution is 2.29. The number of hydrogen-bond donors (Lipinski definition) is 1. The largest absolute Gasteiger partial charge is 0.339 e. The van der Waals surface area contributed by atoms with Crippen LogP contribution in [-0.2, 0) is 0 Å². The third-order valence-corrected chi connectivity index (χ3v) is 3.65. The summed E-state index contributed by atoms with van der Waals surface area (Å²) >= 11 is 5.94. The van der Waals surface area contributed by atoms with Gasteiger partial charge in [0.1, 0.15) is 5.82 Å². The van der Waals surface area contributed by atoms with Crippen LogP contribution in [0.15, 0.2) is 34.9 Å². The number of carbonyl (C=O) groups is 1. The zero-order valence-corrected chi connectivity index (χ0v) is 14.2. The highest BCUT2D eigenvalue weighted by Gasteiger charge is 2.18. The molecule has 2 aromatic heterocycles. The van der Waals surface area contributed by atoms with E-state index in [1.54, 1.807) is 31.2 Å². The van der Waals surface area contributed by atoms with E-state index in [1.165, 1.54) is 0 Å². The standard InChI is InChI=1S/C17H15ClN4O2/c1-9-7-10(2)19-15(14(9)16-20-11(3)24-22-16)21-17(23)12-5-4-6-13(18)8-12/h4-8H,1-3H3,(H,19,21,23). The van der Waals surface area contributed by atoms with E-state index in [4.69, 9.17) is 16.1 Å². The van der Waals surface area contributed by atoms with Crippen LogP contribution in [0.1, 0.15) is 27.5 Å². The predicted molar refractivity (Wildman–Crippen MR) is 91.1 cm³/mol. The molecule has 7 heteroatoms. The van der Waals surface area contributed by atoms with E-state index < -0.39 is 0 Å². The zero-order valence-electron chi connectivity index (χ0n) is 13.4. The van der Waals surface area contributed by atoms with Crippen LogP contribution >= 0.6 is 11.6 Å². The molecule has 0 fully saturated rings. The first kappa shape index (κ1) is 16.1. The second-order valence-electron chi connectivity index (χ2n) is 5.41. The lowest BCUT2D eigenvalue weighted by molar-refractivity contribution is 0.102. The molecule has 0 bridgehead atoms. The summed E-state index contributed by atoms with van der Waals surface area (Å²) in [6.07, 6.45) is 0. The Hall–Kier alpha value is -2.73. The fraction of sp³-hybridized carbons (Fsp3) is 0.176. The third kappa shape index (κ3) is 3.28. The highest BCUT2D eigenvalue weighted by molar-refractivity contribution is 6.31. The molecular weight excluding hydrogens is 328 g/mol. The second-order valence-corrected chi connectivity index (χ2v) is 5.84. The predicted octanol–water partition coefficient (Wildman–Crippen LogP) is 3.96. The first-order valence-corrected chi connectivity index (χ1v) is 7.67. The van der Waals surface area contributed by atoms with Crippen molar-refractivity contribution in [3.8, 4) is 11.4 Å². The Morgan fingerprint density at radius 2 is 1.96 bits per heavy atom. The van der Waals surface area contributed by atoms with Crippen LogP contribution in [0.4, 0.5) is 5.82 Å². The Kier molecular flexibility index (Phi) is 4.31. The number of benzene rings is 1. The van der Waals surface area contributed by atoms with Crippen molar-refractivity contribution in [3.63, 3.8) is 0 Å². The first-order valence-electron chi connectivity index (χ1n) is 7.30. The van der Waals surface area contributed by atoms with Gasteiger partial charge in [-0.05, 0) is 43.7 Å². The van der Waals surface area contributed by atoms with Crippen LogP contribution in [0.5, 0.6) is 0 Å². The van der Waals surface area contributed by atoms with Crippen molar-refractivity contribution in [3.05, 3.63) is 58.1 Å². The fourth-order valence-electron chi connectivity index (χ4n) is 2.42. The molecule has 6 nitrogen and oxygen atoms in total. The summed E-state index contributed by atoms with van der Waals surface area (Å²) < 4.78 is 5.05. The summed E-state index contributed by atoms with van der Waals surface area (Å²) in [5.41, 5.74) is 2.74. The number of aromatic nitrogens is 3. The Bertz CT molecular complexity index is 921. The molecule has 2 heterocycles. The fourth-order valence-corrected chi connectivity index (χ4v) is 2.61. The second kappa shape index (κ2) is 6.41. The van der Waals surface area contributed by atoms with E-state index in [-0.39, 0.29) is 5.91 Å². The summed E-state index contributed by atoms with van der Waals surface area (Å²) in [6, 6.07) is 8.60. The van der Waals surface area contributed by atoms with Gasteiger partial charge < -0.3 is 9.84 Å². The van der Waals surface area contributed by atoms with Gasteiger partial charge in [-0.2, -0.15) is 4.98 Å². The average molecular weight is 343 g/mol. The normalized spacial score (nSPS) is 10.7. The van der Waals surface area contributed by atoms with E-state index >= 15 is 0 Å². The van der Waals surface area contributed by atoms with E-state index in [0.717, 1.165) is 11.3 Å². The lowest BCUT2D eigenvalue weighted by Gasteiger charge is -2.11. The van der Waals surface area contributed by atoms with Crippen LogP contribution in [0, 0.1) is 20.8 Å². The number of halogens is 1. The highest BCUT2D eigenvalue weighted by atomic mass is 35.5. The van der Waals surface area contributed by atoms with E-state index in [1.807, 2.05) is 19.9 Å². The Morgan fingerprint density at radius 1 is 1.17 bits per heavy atom. The summed E-state index contributed by atoms with van der Waals surface area (Å²) in [6.45, 7) is 5.47. The minimum Gasteiger partial charge on any atom is -0.339 e. The van der Waals surface area contributed by atoms with Crippen LogP contribution in [-0.4, -0.2) is 21.0 Å². The Labute approximate surface area is 143 Å². The van der Waals surface area contributed by atoms with Crippen LogP contribution in [0.25, 0.3) is 11.4 Å². The van der Waals surface area contributed by atoms with Gasteiger partial charge in [-0.25, -0.2) is 4.98 Å². The SMILES string of the molecule is Cc1cc(C)c(-c2noc(C)n2)c(NC(=O)c2cccc(Cl)c2)n1. The molecule has 1 amide bonds. The number of nitrogens with zero attached hydrogens (tertiary/aromatic N) is 3. The van der Waals surface area contributed by atoms with Gasteiger partial charge in [-0.3, -0.25) is 4.79 Å². The molecule has 0 radical (unpaired) electrons. The van der Waals surface area contributed by atoms with Crippen molar-refractivity contribution in [2.75, 3.05) is 5.32 Å². The number of pyridine rings is 1. The molecule has 24 heavy (non-hydrogen) atoms. The number of hydrogen-bond acceptors (Lipinski definition) is 5. The van der Waals surface area contributed by atoms with Crippen molar-refractivity contribution < 1.29 is 9.32 Å². The molecular formula is C17H15ClN4O2. The molecule has 0 saturated carbocycles. The summed E-state index contributed by atoms with van der Waals surface area (Å²) in [4.78, 5) is 21.2. The topological polar surface area (TPSA) is 80.9 Å². The average Bonchev–Trinajstić information content (AvgIpc) is 2.92. The number of aryl methyl sites for hydroxylation is 3. The number of nitrogens with one attached hydrogen (secondary N) is 1. The molecule has 0 aliphatic carbocycles. The number of rotatable bonds is 3. The van der Waals surface area contributed by atoms with Crippen molar-refractivity contribution in [1.82, 2.24) is 15.1 Å². The lowest BCUT2D eigenvalue weighted by atomic mass is 10.1. The molecule has 122 valence electrons. The van der Waals surface area contributed by atoms with Crippen molar-refractivity contribution in [2.45, 2.75) is 20.8 Å². The van der Waals surface area contributed by atoms with Gasteiger partial charge in [-0.15, -0.1) is 0 Å². The number of anilines is 1. The molecule has 3 rings (SSSR count). The van der Waals surface area contributed by atoms with Crippen LogP contribution in [0.2, 0.25) is 5.02 Å². The van der Waals surface area contributed by atoms with Gasteiger partial charge in [0.2, 0.25) is 11.7 Å². The van der Waals surface area contributed by atoms with Crippen molar-refractivity contribution in [2.24, 2.45) is 0 Å². The smallest absolute Gasteiger partial charge is 0.256 e. The molecule has 3 aromatic rings. The number of amides is 1. The van der Waals surface area contributed by atoms with E-state index in [0.29, 0.717) is 33.7 Å². The molecule has 1 N–H and O–H groups in total. The molecule has 0 saturated heterocycles. The Balaban J connectivity index is 2.02. The molecule has 0 atom stereocenters. The monoisotopic (exact) mass is 342 g/mol. The molecule has 0 aliphatic heterocycles. The summed E-state index contributed by atoms with van der Waals surface area (Å²) in [5.74, 6) is 0.908. The molecule has 0 spiro atoms. The summed E-state index contributed by atoms with van der Waals surface area (Å²) in [5, 5.41) is 7.24. The molecule has 0 aliphatic rings. The quantitative estimate of drug-likeness (QED) is 0.779. The maximum Gasteiger partial charge on any atom is 0.256 e. The molecule has 0 unspecified atom stereocenters. The minimum absolute atomic E-state index is 0.309. The number of carbonyl (C=O) groups excluding carboxylic acids is 1. The van der Waals surface area contributed by atoms with Gasteiger partial charge >= 0.3 is 0 Å². The maximum atomic E-state index is 12.5. The molecule has 1 aromatic carbocycles. The van der Waals surface area contributed by atoms with E-state index in [9.17, 15) is 4.79 Å². The van der Waals surface area contributed by atoms with Crippen LogP contribution < -0.4 is 5.32 Å². The van der Waals surface area contributed by atoms with Crippen LogP contribution in [0.3, 0.4) is 0 Å². The first-order chi connectivity index (χ1) is 11.4. The van der Waals surface area contributed by atoms with Gasteiger partial charge in [0.25, 0.3) is 5.91 Å². The minimum atomic E-state index is -0.309. The lowest BCUT2D eigenvalue weighted by Crippen LogP contribution is -2.15. The van der Waals surface area contributed by atoms with Gasteiger partial charge in [0, 0.05) is 23.2 Å². The summed E-state index contributed by atoms with van der Waals surface area (Å²) in [7, 11) is 0. The zero-order chi connectivity index (χ0) is 17.3. The third-order valence-electron chi connectivity index (χ3n) is 3.41. The van der Waals surface area contributed by atoms with E-state index in [2.05, 4.69) is 20.4 Å². The van der Waals surface area contributed by atoms with Crippen molar-refractivity contribution >= 4 is 23.3 Å². The van der Waals surface area contributed by atoms with Gasteiger partial charge in [-0.1, -0.05) is 22.8 Å². The van der Waals surface area contributed by atoms with Gasteiger partial charge in [0.05, 0.1) is 5.56 Å². The van der Waals surface area contributed by atoms with Gasteiger partial charge in [0.15, 0.2) is 0 Å². The van der Waals surface area contributed by atoms with Crippen molar-refractivity contribution in [1.29, 1.82) is 0 Å². The maximum absolute atomic E-state index is 12.5. The Morgan fingerprint density at radius 3 is 2.62 bits per heavy atom.